The fourth-order valence-electron chi connectivity index (χ4n) is 1.43. The van der Waals surface area contributed by atoms with Gasteiger partial charge < -0.3 is 0 Å². The molecule has 0 atom stereocenters. The summed E-state index contributed by atoms with van der Waals surface area (Å²) < 4.78 is 26.5. The van der Waals surface area contributed by atoms with E-state index in [1.807, 2.05) is 6.92 Å². The maximum atomic E-state index is 12.0. The fraction of sp³-hybridized carbons (Fsp3) is 0.333. The zero-order chi connectivity index (χ0) is 12.5. The van der Waals surface area contributed by atoms with Crippen molar-refractivity contribution in [3.05, 3.63) is 28.0 Å². The molecule has 0 unspecified atom stereocenters. The maximum Gasteiger partial charge on any atom is 0.242 e. The molecule has 17 heavy (non-hydrogen) atoms. The van der Waals surface area contributed by atoms with Crippen molar-refractivity contribution < 1.29 is 8.42 Å². The molecule has 92 valence electrons. The molecule has 2 N–H and O–H groups in total. The van der Waals surface area contributed by atoms with Crippen molar-refractivity contribution in [1.82, 2.24) is 19.9 Å². The number of hydrogen-bond donors (Lipinski definition) is 2. The first-order chi connectivity index (χ1) is 7.99. The first-order valence-electron chi connectivity index (χ1n) is 4.90. The SMILES string of the molecule is Cc1cc(S(=O)(=O)NCc2ncn[nH]2)c(C)s1. The number of nitrogens with one attached hydrogen (secondary N) is 2. The van der Waals surface area contributed by atoms with Crippen LogP contribution in [0.1, 0.15) is 15.6 Å². The van der Waals surface area contributed by atoms with Gasteiger partial charge >= 0.3 is 0 Å². The lowest BCUT2D eigenvalue weighted by molar-refractivity contribution is 0.579. The number of nitrogens with zero attached hydrogens (tertiary/aromatic N) is 2. The first kappa shape index (κ1) is 12.2. The average Bonchev–Trinajstić information content (AvgIpc) is 2.85. The number of sulfonamides is 1. The number of aryl methyl sites for hydroxylation is 2. The van der Waals surface area contributed by atoms with Gasteiger partial charge in [-0.15, -0.1) is 11.3 Å². The van der Waals surface area contributed by atoms with E-state index in [0.717, 1.165) is 9.75 Å². The fourth-order valence-corrected chi connectivity index (χ4v) is 3.97. The zero-order valence-electron chi connectivity index (χ0n) is 9.39. The lowest BCUT2D eigenvalue weighted by Gasteiger charge is -2.03. The highest BCUT2D eigenvalue weighted by Gasteiger charge is 2.18. The number of H-pyrrole nitrogens is 1. The Bertz CT molecular complexity index is 601. The summed E-state index contributed by atoms with van der Waals surface area (Å²) in [5, 5.41) is 6.24. The summed E-state index contributed by atoms with van der Waals surface area (Å²) in [5.74, 6) is 0.484. The van der Waals surface area contributed by atoms with Gasteiger partial charge in [0.05, 0.1) is 11.4 Å². The van der Waals surface area contributed by atoms with Gasteiger partial charge in [-0.2, -0.15) is 5.10 Å². The van der Waals surface area contributed by atoms with Crippen molar-refractivity contribution in [2.75, 3.05) is 0 Å². The molecule has 0 aliphatic carbocycles. The topological polar surface area (TPSA) is 87.7 Å². The van der Waals surface area contributed by atoms with E-state index < -0.39 is 10.0 Å². The van der Waals surface area contributed by atoms with Crippen molar-refractivity contribution in [3.8, 4) is 0 Å². The number of aromatic amines is 1. The molecule has 0 bridgehead atoms. The normalized spacial score (nSPS) is 11.9. The number of aromatic nitrogens is 3. The second kappa shape index (κ2) is 4.55. The minimum Gasteiger partial charge on any atom is -0.262 e. The molecular formula is C9H12N4O2S2. The molecule has 2 aromatic rings. The molecule has 0 spiro atoms. The lowest BCUT2D eigenvalue weighted by atomic mass is 10.4. The Morgan fingerprint density at radius 3 is 2.76 bits per heavy atom. The Kier molecular flexibility index (Phi) is 3.27. The van der Waals surface area contributed by atoms with Crippen LogP contribution in [0.15, 0.2) is 17.3 Å². The van der Waals surface area contributed by atoms with Crippen molar-refractivity contribution in [2.45, 2.75) is 25.3 Å². The van der Waals surface area contributed by atoms with Crippen LogP contribution in [-0.2, 0) is 16.6 Å². The summed E-state index contributed by atoms with van der Waals surface area (Å²) in [5.41, 5.74) is 0. The third kappa shape index (κ3) is 2.71. The molecule has 0 amide bonds. The second-order valence-electron chi connectivity index (χ2n) is 3.53. The molecule has 0 aliphatic heterocycles. The molecule has 0 fully saturated rings. The van der Waals surface area contributed by atoms with Gasteiger partial charge in [0.2, 0.25) is 10.0 Å². The first-order valence-corrected chi connectivity index (χ1v) is 7.20. The highest BCUT2D eigenvalue weighted by Crippen LogP contribution is 2.24. The minimum absolute atomic E-state index is 0.108. The van der Waals surface area contributed by atoms with E-state index in [-0.39, 0.29) is 6.54 Å². The van der Waals surface area contributed by atoms with Gasteiger partial charge in [0.15, 0.2) is 0 Å². The van der Waals surface area contributed by atoms with Gasteiger partial charge in [0.25, 0.3) is 0 Å². The molecule has 2 rings (SSSR count). The largest absolute Gasteiger partial charge is 0.262 e. The van der Waals surface area contributed by atoms with Crippen LogP contribution in [0.2, 0.25) is 0 Å². The number of rotatable bonds is 4. The predicted molar refractivity (Wildman–Crippen MR) is 64.2 cm³/mol. The van der Waals surface area contributed by atoms with E-state index in [1.54, 1.807) is 13.0 Å². The quantitative estimate of drug-likeness (QED) is 0.867. The molecular weight excluding hydrogens is 260 g/mol. The van der Waals surface area contributed by atoms with E-state index in [0.29, 0.717) is 10.7 Å². The monoisotopic (exact) mass is 272 g/mol. The third-order valence-electron chi connectivity index (χ3n) is 2.18. The average molecular weight is 272 g/mol. The maximum absolute atomic E-state index is 12.0. The number of thiophene rings is 1. The van der Waals surface area contributed by atoms with Gasteiger partial charge in [0, 0.05) is 9.75 Å². The van der Waals surface area contributed by atoms with Crippen LogP contribution in [-0.4, -0.2) is 23.6 Å². The Morgan fingerprint density at radius 1 is 1.47 bits per heavy atom. The van der Waals surface area contributed by atoms with Gasteiger partial charge in [-0.05, 0) is 19.9 Å². The summed E-state index contributed by atoms with van der Waals surface area (Å²) in [6.45, 7) is 3.78. The summed E-state index contributed by atoms with van der Waals surface area (Å²) in [6.07, 6.45) is 1.34. The van der Waals surface area contributed by atoms with Gasteiger partial charge in [-0.1, -0.05) is 0 Å². The van der Waals surface area contributed by atoms with Crippen LogP contribution in [0.25, 0.3) is 0 Å². The molecule has 0 aliphatic rings. The molecule has 6 nitrogen and oxygen atoms in total. The molecule has 0 saturated heterocycles. The van der Waals surface area contributed by atoms with Crippen LogP contribution in [0.4, 0.5) is 0 Å². The zero-order valence-corrected chi connectivity index (χ0v) is 11.0. The van der Waals surface area contributed by atoms with Crippen molar-refractivity contribution in [3.63, 3.8) is 0 Å². The van der Waals surface area contributed by atoms with E-state index in [4.69, 9.17) is 0 Å². The van der Waals surface area contributed by atoms with E-state index in [9.17, 15) is 8.42 Å². The predicted octanol–water partition coefficient (Wildman–Crippen LogP) is 0.962. The van der Waals surface area contributed by atoms with E-state index in [2.05, 4.69) is 19.9 Å². The van der Waals surface area contributed by atoms with Crippen molar-refractivity contribution >= 4 is 21.4 Å². The minimum atomic E-state index is -3.47. The Morgan fingerprint density at radius 2 is 2.24 bits per heavy atom. The van der Waals surface area contributed by atoms with E-state index in [1.165, 1.54) is 17.7 Å². The lowest BCUT2D eigenvalue weighted by Crippen LogP contribution is -2.24. The van der Waals surface area contributed by atoms with Crippen LogP contribution in [0, 0.1) is 13.8 Å². The molecule has 2 aromatic heterocycles. The van der Waals surface area contributed by atoms with Crippen molar-refractivity contribution in [2.24, 2.45) is 0 Å². The smallest absolute Gasteiger partial charge is 0.242 e. The van der Waals surface area contributed by atoms with Gasteiger partial charge in [-0.25, -0.2) is 18.1 Å². The molecule has 0 aromatic carbocycles. The van der Waals surface area contributed by atoms with Gasteiger partial charge in [-0.3, -0.25) is 5.10 Å². The third-order valence-corrected chi connectivity index (χ3v) is 4.80. The van der Waals surface area contributed by atoms with Crippen LogP contribution < -0.4 is 4.72 Å². The summed E-state index contributed by atoms with van der Waals surface area (Å²) in [6, 6.07) is 1.67. The van der Waals surface area contributed by atoms with E-state index >= 15 is 0 Å². The van der Waals surface area contributed by atoms with Crippen LogP contribution >= 0.6 is 11.3 Å². The Hall–Kier alpha value is -1.25. The second-order valence-corrected chi connectivity index (χ2v) is 6.73. The summed E-state index contributed by atoms with van der Waals surface area (Å²) >= 11 is 1.46. The Balaban J connectivity index is 2.17. The van der Waals surface area contributed by atoms with Gasteiger partial charge in [0.1, 0.15) is 12.2 Å². The summed E-state index contributed by atoms with van der Waals surface area (Å²) in [4.78, 5) is 5.94. The summed E-state index contributed by atoms with van der Waals surface area (Å²) in [7, 11) is -3.47. The number of hydrogen-bond acceptors (Lipinski definition) is 5. The highest BCUT2D eigenvalue weighted by molar-refractivity contribution is 7.89. The van der Waals surface area contributed by atoms with Crippen LogP contribution in [0.5, 0.6) is 0 Å². The molecule has 0 radical (unpaired) electrons. The molecule has 8 heteroatoms. The van der Waals surface area contributed by atoms with Crippen molar-refractivity contribution in [1.29, 1.82) is 0 Å². The van der Waals surface area contributed by atoms with Crippen LogP contribution in [0.3, 0.4) is 0 Å². The molecule has 0 saturated carbocycles. The highest BCUT2D eigenvalue weighted by atomic mass is 32.2. The standard InChI is InChI=1S/C9H12N4O2S2/c1-6-3-8(7(2)16-6)17(14,15)12-4-9-10-5-11-13-9/h3,5,12H,4H2,1-2H3,(H,10,11,13). The molecule has 2 heterocycles. The Labute approximate surface area is 103 Å².